The van der Waals surface area contributed by atoms with Crippen LogP contribution in [0.4, 0.5) is 18.0 Å². The van der Waals surface area contributed by atoms with Crippen LogP contribution in [0.1, 0.15) is 89.9 Å². The lowest BCUT2D eigenvalue weighted by molar-refractivity contribution is -0.190. The summed E-state index contributed by atoms with van der Waals surface area (Å²) in [5.74, 6) is 0.0771. The number of hydrogen-bond donors (Lipinski definition) is 1. The molecule has 2 aliphatic rings. The Morgan fingerprint density at radius 2 is 1.70 bits per heavy atom. The van der Waals surface area contributed by atoms with Crippen molar-refractivity contribution in [1.82, 2.24) is 24.4 Å². The fourth-order valence-corrected chi connectivity index (χ4v) is 7.51. The number of carbonyl (C=O) groups is 2. The number of carbonyl (C=O) groups excluding carboxylic acids is 2. The summed E-state index contributed by atoms with van der Waals surface area (Å²) in [5.41, 5.74) is -2.72. The number of nitrogens with zero attached hydrogens (tertiary/aromatic N) is 4. The molecular formula is C36H45ClF3N5O7S. The number of halogens is 4. The highest BCUT2D eigenvalue weighted by atomic mass is 35.5. The number of pyridine rings is 1. The van der Waals surface area contributed by atoms with Gasteiger partial charge in [-0.2, -0.15) is 13.2 Å². The molecule has 1 atom stereocenters. The van der Waals surface area contributed by atoms with E-state index < -0.39 is 33.1 Å². The first-order chi connectivity index (χ1) is 24.7. The molecule has 290 valence electrons. The third-order valence-corrected chi connectivity index (χ3v) is 11.0. The van der Waals surface area contributed by atoms with E-state index >= 15 is 0 Å². The number of aromatic nitrogens is 3. The highest BCUT2D eigenvalue weighted by molar-refractivity contribution is 7.90. The van der Waals surface area contributed by atoms with Crippen molar-refractivity contribution in [3.63, 3.8) is 0 Å². The molecule has 2 fully saturated rings. The molecule has 17 heteroatoms. The smallest absolute Gasteiger partial charge is 0.410 e. The van der Waals surface area contributed by atoms with Crippen LogP contribution in [0.5, 0.6) is 11.6 Å². The molecule has 5 rings (SSSR count). The zero-order valence-corrected chi connectivity index (χ0v) is 31.9. The van der Waals surface area contributed by atoms with Crippen molar-refractivity contribution >= 4 is 33.6 Å². The standard InChI is InChI=1S/C36H45ClF3N5O7S/c1-33(2,3)52-32(47)44-23-24(22-34(44,4)5)8-6-7-20-50-25-9-11-26(12-10-25)53(48,49)43-31(46)27-13-14-28(41-30(27)37)45-19-15-29(42-45)51-21-18-35(16-17-35)36(38,39)40/h9-15,19,24H,6-8,16-18,20-23H2,1-5H3,(H,43,46)/t24-/m0/s1. The maximum absolute atomic E-state index is 13.1. The molecule has 53 heavy (non-hydrogen) atoms. The van der Waals surface area contributed by atoms with Crippen LogP contribution >= 0.6 is 11.6 Å². The molecular weight excluding hydrogens is 739 g/mol. The molecule has 1 aromatic carbocycles. The summed E-state index contributed by atoms with van der Waals surface area (Å²) in [6.45, 7) is 10.6. The summed E-state index contributed by atoms with van der Waals surface area (Å²) in [7, 11) is -4.28. The fourth-order valence-electron chi connectivity index (χ4n) is 6.31. The van der Waals surface area contributed by atoms with E-state index in [1.54, 1.807) is 0 Å². The van der Waals surface area contributed by atoms with Gasteiger partial charge in [0, 0.05) is 24.3 Å². The second-order valence-corrected chi connectivity index (χ2v) is 17.2. The second-order valence-electron chi connectivity index (χ2n) is 15.2. The number of benzene rings is 1. The summed E-state index contributed by atoms with van der Waals surface area (Å²) >= 11 is 6.24. The zero-order chi connectivity index (χ0) is 38.8. The van der Waals surface area contributed by atoms with Gasteiger partial charge in [-0.15, -0.1) is 5.10 Å². The van der Waals surface area contributed by atoms with E-state index in [0.717, 1.165) is 25.7 Å². The number of likely N-dealkylation sites (tertiary alicyclic amines) is 1. The number of unbranched alkanes of at least 4 members (excludes halogenated alkanes) is 1. The number of nitrogens with one attached hydrogen (secondary N) is 1. The molecule has 3 aromatic rings. The highest BCUT2D eigenvalue weighted by Gasteiger charge is 2.62. The van der Waals surface area contributed by atoms with Crippen molar-refractivity contribution in [2.24, 2.45) is 11.3 Å². The minimum atomic E-state index is -4.28. The molecule has 1 saturated heterocycles. The maximum atomic E-state index is 13.1. The second kappa shape index (κ2) is 15.4. The first kappa shape index (κ1) is 40.1. The minimum Gasteiger partial charge on any atom is -0.494 e. The Morgan fingerprint density at radius 1 is 1.00 bits per heavy atom. The van der Waals surface area contributed by atoms with Crippen LogP contribution in [0.25, 0.3) is 5.82 Å². The van der Waals surface area contributed by atoms with E-state index in [0.29, 0.717) is 24.8 Å². The molecule has 1 aliphatic heterocycles. The Balaban J connectivity index is 1.06. The Labute approximate surface area is 312 Å². The average Bonchev–Trinajstić information content (AvgIpc) is 3.59. The van der Waals surface area contributed by atoms with Gasteiger partial charge in [-0.3, -0.25) is 4.79 Å². The number of hydrogen-bond acceptors (Lipinski definition) is 9. The van der Waals surface area contributed by atoms with E-state index in [1.807, 2.05) is 30.4 Å². The molecule has 2 amide bonds. The zero-order valence-electron chi connectivity index (χ0n) is 30.3. The van der Waals surface area contributed by atoms with Crippen molar-refractivity contribution in [3.8, 4) is 17.4 Å². The third-order valence-electron chi connectivity index (χ3n) is 9.37. The van der Waals surface area contributed by atoms with Crippen LogP contribution in [-0.4, -0.2) is 77.2 Å². The molecule has 12 nitrogen and oxygen atoms in total. The van der Waals surface area contributed by atoms with Gasteiger partial charge in [0.25, 0.3) is 15.9 Å². The van der Waals surface area contributed by atoms with Gasteiger partial charge in [0.2, 0.25) is 5.88 Å². The van der Waals surface area contributed by atoms with Gasteiger partial charge in [0.05, 0.1) is 29.1 Å². The van der Waals surface area contributed by atoms with E-state index in [-0.39, 0.29) is 64.8 Å². The van der Waals surface area contributed by atoms with Gasteiger partial charge >= 0.3 is 12.3 Å². The Morgan fingerprint density at radius 3 is 2.32 bits per heavy atom. The van der Waals surface area contributed by atoms with Crippen LogP contribution < -0.4 is 14.2 Å². The summed E-state index contributed by atoms with van der Waals surface area (Å²) in [5, 5.41) is 3.84. The lowest BCUT2D eigenvalue weighted by atomic mass is 9.93. The predicted molar refractivity (Wildman–Crippen MR) is 190 cm³/mol. The van der Waals surface area contributed by atoms with Crippen LogP contribution in [0, 0.1) is 11.3 Å². The van der Waals surface area contributed by atoms with Gasteiger partial charge in [0.1, 0.15) is 16.5 Å². The van der Waals surface area contributed by atoms with Gasteiger partial charge in [0.15, 0.2) is 5.82 Å². The number of sulfonamides is 1. The normalized spacial score (nSPS) is 18.1. The molecule has 2 aromatic heterocycles. The lowest BCUT2D eigenvalue weighted by Crippen LogP contribution is -2.45. The monoisotopic (exact) mass is 783 g/mol. The topological polar surface area (TPSA) is 142 Å². The maximum Gasteiger partial charge on any atom is 0.410 e. The van der Waals surface area contributed by atoms with Crippen molar-refractivity contribution in [1.29, 1.82) is 0 Å². The molecule has 1 N–H and O–H groups in total. The van der Waals surface area contributed by atoms with Crippen LogP contribution in [0.15, 0.2) is 53.6 Å². The number of ether oxygens (including phenoxy) is 3. The van der Waals surface area contributed by atoms with Gasteiger partial charge in [-0.1, -0.05) is 11.6 Å². The number of alkyl halides is 3. The van der Waals surface area contributed by atoms with E-state index in [4.69, 9.17) is 25.8 Å². The van der Waals surface area contributed by atoms with Crippen LogP contribution in [-0.2, 0) is 14.8 Å². The third kappa shape index (κ3) is 10.1. The van der Waals surface area contributed by atoms with Crippen LogP contribution in [0.3, 0.4) is 0 Å². The molecule has 0 unspecified atom stereocenters. The quantitative estimate of drug-likeness (QED) is 0.128. The predicted octanol–water partition coefficient (Wildman–Crippen LogP) is 7.74. The molecule has 0 radical (unpaired) electrons. The van der Waals surface area contributed by atoms with Crippen LogP contribution in [0.2, 0.25) is 5.15 Å². The van der Waals surface area contributed by atoms with Gasteiger partial charge in [-0.25, -0.2) is 27.6 Å². The Bertz CT molecular complexity index is 1890. The van der Waals surface area contributed by atoms with Gasteiger partial charge in [-0.05, 0) is 122 Å². The number of rotatable bonds is 14. The van der Waals surface area contributed by atoms with Crippen molar-refractivity contribution in [2.45, 2.75) is 102 Å². The largest absolute Gasteiger partial charge is 0.494 e. The minimum absolute atomic E-state index is 0.0846. The Kier molecular flexibility index (Phi) is 11.6. The number of amides is 2. The molecule has 1 aliphatic carbocycles. The summed E-state index contributed by atoms with van der Waals surface area (Å²) in [6, 6.07) is 9.76. The summed E-state index contributed by atoms with van der Waals surface area (Å²) in [6.07, 6.45) is 0.386. The highest BCUT2D eigenvalue weighted by Crippen LogP contribution is 2.59. The average molecular weight is 784 g/mol. The molecule has 0 bridgehead atoms. The summed E-state index contributed by atoms with van der Waals surface area (Å²) in [4.78, 5) is 31.3. The SMILES string of the molecule is CC(C)(C)OC(=O)N1C[C@@H](CCCCOc2ccc(S(=O)(=O)NC(=O)c3ccc(-n4ccc(OCCC5(C(F)(F)F)CC5)n4)nc3Cl)cc2)CC1(C)C. The summed E-state index contributed by atoms with van der Waals surface area (Å²) < 4.78 is 85.5. The molecule has 1 saturated carbocycles. The van der Waals surface area contributed by atoms with Crippen molar-refractivity contribution in [2.75, 3.05) is 19.8 Å². The first-order valence-electron chi connectivity index (χ1n) is 17.4. The van der Waals surface area contributed by atoms with Gasteiger partial charge < -0.3 is 19.1 Å². The fraction of sp³-hybridized carbons (Fsp3) is 0.556. The van der Waals surface area contributed by atoms with Crippen molar-refractivity contribution in [3.05, 3.63) is 59.4 Å². The molecule has 3 heterocycles. The Hall–Kier alpha value is -4.05. The molecule has 0 spiro atoms. The first-order valence-corrected chi connectivity index (χ1v) is 19.3. The van der Waals surface area contributed by atoms with Crippen molar-refractivity contribution < 1.29 is 45.4 Å². The van der Waals surface area contributed by atoms with E-state index in [1.165, 1.54) is 53.3 Å². The lowest BCUT2D eigenvalue weighted by Gasteiger charge is -2.33. The van der Waals surface area contributed by atoms with E-state index in [9.17, 15) is 31.2 Å². The van der Waals surface area contributed by atoms with E-state index in [2.05, 4.69) is 23.9 Å².